The van der Waals surface area contributed by atoms with Gasteiger partial charge >= 0.3 is 0 Å². The molecule has 0 fully saturated rings. The molecule has 0 aliphatic rings. The smallest absolute Gasteiger partial charge is 0.0417 e. The molecule has 0 aromatic heterocycles. The summed E-state index contributed by atoms with van der Waals surface area (Å²) in [6.07, 6.45) is 12.8. The Morgan fingerprint density at radius 1 is 0.647 bits per heavy atom. The maximum Gasteiger partial charge on any atom is -0.0417 e. The Morgan fingerprint density at radius 2 is 1.24 bits per heavy atom. The molecule has 0 aromatic rings. The van der Waals surface area contributed by atoms with Crippen molar-refractivity contribution in [2.45, 2.75) is 92.4 Å². The van der Waals surface area contributed by atoms with E-state index in [0.29, 0.717) is 0 Å². The monoisotopic (exact) mass is 240 g/mol. The average Bonchev–Trinajstić information content (AvgIpc) is 2.34. The van der Waals surface area contributed by atoms with Gasteiger partial charge in [-0.15, -0.1) is 0 Å². The van der Waals surface area contributed by atoms with Crippen LogP contribution in [-0.4, -0.2) is 0 Å². The normalized spacial score (nSPS) is 16.8. The van der Waals surface area contributed by atoms with E-state index in [2.05, 4.69) is 34.6 Å². The molecule has 0 amide bonds. The van der Waals surface area contributed by atoms with Crippen LogP contribution in [-0.2, 0) is 0 Å². The van der Waals surface area contributed by atoms with Gasteiger partial charge in [0.2, 0.25) is 0 Å². The fraction of sp³-hybridized carbons (Fsp3) is 1.00. The summed E-state index contributed by atoms with van der Waals surface area (Å²) in [6, 6.07) is 0. The zero-order valence-corrected chi connectivity index (χ0v) is 13.1. The predicted molar refractivity (Wildman–Crippen MR) is 80.4 cm³/mol. The Balaban J connectivity index is 3.33. The Morgan fingerprint density at radius 3 is 1.82 bits per heavy atom. The van der Waals surface area contributed by atoms with Crippen LogP contribution in [0.25, 0.3) is 0 Å². The zero-order chi connectivity index (χ0) is 13.1. The molecule has 0 N–H and O–H groups in total. The maximum atomic E-state index is 2.43. The molecule has 0 saturated carbocycles. The SMILES string of the molecule is CCCCC(C)CCCCCC(C)C(C)CC. The van der Waals surface area contributed by atoms with Crippen LogP contribution in [0.2, 0.25) is 0 Å². The van der Waals surface area contributed by atoms with Gasteiger partial charge < -0.3 is 0 Å². The van der Waals surface area contributed by atoms with Gasteiger partial charge in [-0.05, 0) is 17.8 Å². The molecular weight excluding hydrogens is 204 g/mol. The first-order valence-corrected chi connectivity index (χ1v) is 8.11. The minimum Gasteiger partial charge on any atom is -0.0654 e. The summed E-state index contributed by atoms with van der Waals surface area (Å²) >= 11 is 0. The minimum absolute atomic E-state index is 0.915. The van der Waals surface area contributed by atoms with Gasteiger partial charge in [0, 0.05) is 0 Å². The average molecular weight is 240 g/mol. The predicted octanol–water partition coefficient (Wildman–Crippen LogP) is 6.45. The molecule has 0 rings (SSSR count). The standard InChI is InChI=1S/C17H36/c1-6-8-12-15(3)13-10-9-11-14-17(5)16(4)7-2/h15-17H,6-14H2,1-5H3. The molecule has 0 heteroatoms. The van der Waals surface area contributed by atoms with Crippen LogP contribution in [0, 0.1) is 17.8 Å². The summed E-state index contributed by atoms with van der Waals surface area (Å²) in [5, 5.41) is 0. The molecule has 3 unspecified atom stereocenters. The van der Waals surface area contributed by atoms with Gasteiger partial charge in [-0.3, -0.25) is 0 Å². The molecule has 0 aromatic carbocycles. The van der Waals surface area contributed by atoms with Crippen molar-refractivity contribution in [1.82, 2.24) is 0 Å². The summed E-state index contributed by atoms with van der Waals surface area (Å²) < 4.78 is 0. The van der Waals surface area contributed by atoms with E-state index in [0.717, 1.165) is 17.8 Å². The van der Waals surface area contributed by atoms with E-state index in [-0.39, 0.29) is 0 Å². The first-order valence-electron chi connectivity index (χ1n) is 8.11. The van der Waals surface area contributed by atoms with Crippen molar-refractivity contribution < 1.29 is 0 Å². The summed E-state index contributed by atoms with van der Waals surface area (Å²) in [5.41, 5.74) is 0. The highest BCUT2D eigenvalue weighted by atomic mass is 14.1. The Labute approximate surface area is 111 Å². The summed E-state index contributed by atoms with van der Waals surface area (Å²) in [6.45, 7) is 11.9. The molecule has 17 heavy (non-hydrogen) atoms. The Bertz CT molecular complexity index is 150. The van der Waals surface area contributed by atoms with E-state index < -0.39 is 0 Å². The minimum atomic E-state index is 0.915. The highest BCUT2D eigenvalue weighted by Crippen LogP contribution is 2.22. The fourth-order valence-corrected chi connectivity index (χ4v) is 2.52. The largest absolute Gasteiger partial charge is 0.0654 e. The van der Waals surface area contributed by atoms with Crippen molar-refractivity contribution in [3.63, 3.8) is 0 Å². The van der Waals surface area contributed by atoms with Crippen LogP contribution in [0.3, 0.4) is 0 Å². The van der Waals surface area contributed by atoms with Crippen LogP contribution in [0.15, 0.2) is 0 Å². The fourth-order valence-electron chi connectivity index (χ4n) is 2.52. The van der Waals surface area contributed by atoms with Crippen LogP contribution in [0.1, 0.15) is 92.4 Å². The van der Waals surface area contributed by atoms with E-state index in [1.54, 1.807) is 0 Å². The molecule has 0 spiro atoms. The lowest BCUT2D eigenvalue weighted by molar-refractivity contribution is 0.339. The van der Waals surface area contributed by atoms with Crippen molar-refractivity contribution in [3.05, 3.63) is 0 Å². The molecule has 0 saturated heterocycles. The third-order valence-corrected chi connectivity index (χ3v) is 4.52. The number of rotatable bonds is 11. The van der Waals surface area contributed by atoms with Crippen molar-refractivity contribution >= 4 is 0 Å². The molecule has 3 atom stereocenters. The van der Waals surface area contributed by atoms with Crippen LogP contribution < -0.4 is 0 Å². The summed E-state index contributed by atoms with van der Waals surface area (Å²) in [4.78, 5) is 0. The van der Waals surface area contributed by atoms with Crippen LogP contribution >= 0.6 is 0 Å². The quantitative estimate of drug-likeness (QED) is 0.364. The van der Waals surface area contributed by atoms with E-state index in [9.17, 15) is 0 Å². The van der Waals surface area contributed by atoms with Crippen molar-refractivity contribution in [2.75, 3.05) is 0 Å². The summed E-state index contributed by atoms with van der Waals surface area (Å²) in [5.74, 6) is 2.80. The molecule has 0 aliphatic heterocycles. The van der Waals surface area contributed by atoms with Gasteiger partial charge in [0.25, 0.3) is 0 Å². The highest BCUT2D eigenvalue weighted by molar-refractivity contribution is 4.61. The second-order valence-electron chi connectivity index (χ2n) is 6.25. The third kappa shape index (κ3) is 9.68. The molecule has 0 nitrogen and oxygen atoms in total. The van der Waals surface area contributed by atoms with Crippen molar-refractivity contribution in [2.24, 2.45) is 17.8 Å². The van der Waals surface area contributed by atoms with E-state index >= 15 is 0 Å². The molecular formula is C17H36. The molecule has 104 valence electrons. The van der Waals surface area contributed by atoms with Gasteiger partial charge in [0.15, 0.2) is 0 Å². The Hall–Kier alpha value is 0. The Kier molecular flexibility index (Phi) is 11.1. The van der Waals surface area contributed by atoms with Gasteiger partial charge in [-0.1, -0.05) is 92.4 Å². The van der Waals surface area contributed by atoms with Crippen LogP contribution in [0.5, 0.6) is 0 Å². The zero-order valence-electron chi connectivity index (χ0n) is 13.1. The van der Waals surface area contributed by atoms with E-state index in [1.165, 1.54) is 57.8 Å². The van der Waals surface area contributed by atoms with E-state index in [1.807, 2.05) is 0 Å². The van der Waals surface area contributed by atoms with Crippen molar-refractivity contribution in [3.8, 4) is 0 Å². The van der Waals surface area contributed by atoms with Crippen molar-refractivity contribution in [1.29, 1.82) is 0 Å². The first-order chi connectivity index (χ1) is 8.11. The number of unbranched alkanes of at least 4 members (excludes halogenated alkanes) is 3. The van der Waals surface area contributed by atoms with E-state index in [4.69, 9.17) is 0 Å². The topological polar surface area (TPSA) is 0 Å². The number of hydrogen-bond donors (Lipinski definition) is 0. The molecule has 0 heterocycles. The molecule has 0 aliphatic carbocycles. The highest BCUT2D eigenvalue weighted by Gasteiger charge is 2.09. The molecule has 0 bridgehead atoms. The second kappa shape index (κ2) is 11.1. The summed E-state index contributed by atoms with van der Waals surface area (Å²) in [7, 11) is 0. The second-order valence-corrected chi connectivity index (χ2v) is 6.25. The number of hydrogen-bond acceptors (Lipinski definition) is 0. The lowest BCUT2D eigenvalue weighted by Gasteiger charge is -2.18. The van der Waals surface area contributed by atoms with Crippen LogP contribution in [0.4, 0.5) is 0 Å². The van der Waals surface area contributed by atoms with Gasteiger partial charge in [-0.25, -0.2) is 0 Å². The molecule has 0 radical (unpaired) electrons. The maximum absolute atomic E-state index is 2.43. The lowest BCUT2D eigenvalue weighted by atomic mass is 9.88. The van der Waals surface area contributed by atoms with Gasteiger partial charge in [0.1, 0.15) is 0 Å². The van der Waals surface area contributed by atoms with Gasteiger partial charge in [-0.2, -0.15) is 0 Å². The lowest BCUT2D eigenvalue weighted by Crippen LogP contribution is -2.06. The third-order valence-electron chi connectivity index (χ3n) is 4.52. The van der Waals surface area contributed by atoms with Gasteiger partial charge in [0.05, 0.1) is 0 Å². The first kappa shape index (κ1) is 17.0.